The summed E-state index contributed by atoms with van der Waals surface area (Å²) in [7, 11) is 0. The van der Waals surface area contributed by atoms with Gasteiger partial charge in [0, 0.05) is 5.92 Å². The smallest absolute Gasteiger partial charge is 0.0256 e. The van der Waals surface area contributed by atoms with Crippen molar-refractivity contribution in [1.82, 2.24) is 0 Å². The Hall–Kier alpha value is -0.700. The maximum atomic E-state index is 5.89. The van der Waals surface area contributed by atoms with Gasteiger partial charge in [-0.25, -0.2) is 0 Å². The molecule has 22 heavy (non-hydrogen) atoms. The molecular weight excluding hydrogens is 264 g/mol. The fourth-order valence-electron chi connectivity index (χ4n) is 7.41. The first-order chi connectivity index (χ1) is 10.7. The molecule has 3 fully saturated rings. The second-order valence-corrected chi connectivity index (χ2v) is 8.90. The Bertz CT molecular complexity index is 521. The summed E-state index contributed by atoms with van der Waals surface area (Å²) in [6.45, 7) is 5.00. The van der Waals surface area contributed by atoms with E-state index in [4.69, 9.17) is 6.42 Å². The van der Waals surface area contributed by atoms with Crippen LogP contribution in [0.2, 0.25) is 0 Å². The van der Waals surface area contributed by atoms with Crippen LogP contribution in [0, 0.1) is 46.8 Å². The van der Waals surface area contributed by atoms with Crippen LogP contribution in [-0.4, -0.2) is 0 Å². The Morgan fingerprint density at radius 2 is 2.05 bits per heavy atom. The van der Waals surface area contributed by atoms with E-state index in [0.717, 1.165) is 17.8 Å². The van der Waals surface area contributed by atoms with Crippen LogP contribution in [0.4, 0.5) is 0 Å². The van der Waals surface area contributed by atoms with Crippen molar-refractivity contribution >= 4 is 0 Å². The SMILES string of the molecule is C#CC1CC[C@H]2[C@@H]3CC=C4CCCC[C@]4(CC)[C@@H]3CC[C@]12C. The summed E-state index contributed by atoms with van der Waals surface area (Å²) in [5.74, 6) is 6.51. The summed E-state index contributed by atoms with van der Waals surface area (Å²) in [6, 6.07) is 0. The van der Waals surface area contributed by atoms with Crippen LogP contribution >= 0.6 is 0 Å². The summed E-state index contributed by atoms with van der Waals surface area (Å²) >= 11 is 0. The summed E-state index contributed by atoms with van der Waals surface area (Å²) in [5.41, 5.74) is 2.89. The number of terminal acetylenes is 1. The van der Waals surface area contributed by atoms with Crippen molar-refractivity contribution in [3.8, 4) is 12.3 Å². The van der Waals surface area contributed by atoms with Gasteiger partial charge >= 0.3 is 0 Å². The zero-order valence-electron chi connectivity index (χ0n) is 14.5. The van der Waals surface area contributed by atoms with Gasteiger partial charge in [0.25, 0.3) is 0 Å². The van der Waals surface area contributed by atoms with Gasteiger partial charge in [-0.15, -0.1) is 12.3 Å². The third-order valence-corrected chi connectivity index (χ3v) is 8.57. The van der Waals surface area contributed by atoms with E-state index in [9.17, 15) is 0 Å². The molecular formula is C22H32. The van der Waals surface area contributed by atoms with Crippen molar-refractivity contribution in [2.45, 2.75) is 78.1 Å². The molecule has 0 heterocycles. The topological polar surface area (TPSA) is 0 Å². The lowest BCUT2D eigenvalue weighted by Crippen LogP contribution is -2.50. The zero-order valence-corrected chi connectivity index (χ0v) is 14.5. The van der Waals surface area contributed by atoms with Gasteiger partial charge in [0.2, 0.25) is 0 Å². The number of hydrogen-bond donors (Lipinski definition) is 0. The number of rotatable bonds is 1. The molecule has 0 radical (unpaired) electrons. The van der Waals surface area contributed by atoms with Gasteiger partial charge in [-0.05, 0) is 86.4 Å². The molecule has 0 aromatic rings. The summed E-state index contributed by atoms with van der Waals surface area (Å²) < 4.78 is 0. The van der Waals surface area contributed by atoms with Gasteiger partial charge in [0.05, 0.1) is 0 Å². The molecule has 0 aromatic heterocycles. The van der Waals surface area contributed by atoms with Crippen molar-refractivity contribution in [1.29, 1.82) is 0 Å². The Morgan fingerprint density at radius 1 is 1.18 bits per heavy atom. The largest absolute Gasteiger partial charge is 0.120 e. The quantitative estimate of drug-likeness (QED) is 0.412. The molecule has 4 aliphatic carbocycles. The van der Waals surface area contributed by atoms with Crippen LogP contribution in [0.3, 0.4) is 0 Å². The number of allylic oxidation sites excluding steroid dienone is 2. The average Bonchev–Trinajstić information content (AvgIpc) is 2.90. The van der Waals surface area contributed by atoms with Gasteiger partial charge in [0.1, 0.15) is 0 Å². The lowest BCUT2D eigenvalue weighted by Gasteiger charge is -2.58. The molecule has 0 N–H and O–H groups in total. The van der Waals surface area contributed by atoms with E-state index in [-0.39, 0.29) is 0 Å². The lowest BCUT2D eigenvalue weighted by atomic mass is 9.46. The van der Waals surface area contributed by atoms with Crippen LogP contribution < -0.4 is 0 Å². The minimum absolute atomic E-state index is 0.449. The molecule has 120 valence electrons. The predicted molar refractivity (Wildman–Crippen MR) is 93.3 cm³/mol. The molecule has 6 atom stereocenters. The second-order valence-electron chi connectivity index (χ2n) is 8.90. The van der Waals surface area contributed by atoms with Crippen LogP contribution in [0.25, 0.3) is 0 Å². The highest BCUT2D eigenvalue weighted by Gasteiger charge is 2.58. The fourth-order valence-corrected chi connectivity index (χ4v) is 7.41. The van der Waals surface area contributed by atoms with Crippen molar-refractivity contribution in [3.05, 3.63) is 11.6 Å². The minimum Gasteiger partial charge on any atom is -0.120 e. The van der Waals surface area contributed by atoms with Crippen LogP contribution in [0.15, 0.2) is 11.6 Å². The normalized spacial score (nSPS) is 50.3. The van der Waals surface area contributed by atoms with Gasteiger partial charge < -0.3 is 0 Å². The van der Waals surface area contributed by atoms with E-state index in [0.29, 0.717) is 16.7 Å². The predicted octanol–water partition coefficient (Wildman–Crippen LogP) is 5.98. The van der Waals surface area contributed by atoms with Crippen molar-refractivity contribution in [2.75, 3.05) is 0 Å². The van der Waals surface area contributed by atoms with E-state index in [1.54, 1.807) is 0 Å². The Balaban J connectivity index is 1.71. The first kappa shape index (κ1) is 14.9. The van der Waals surface area contributed by atoms with Crippen LogP contribution in [-0.2, 0) is 0 Å². The van der Waals surface area contributed by atoms with Crippen molar-refractivity contribution < 1.29 is 0 Å². The third kappa shape index (κ3) is 1.78. The van der Waals surface area contributed by atoms with Gasteiger partial charge in [0.15, 0.2) is 0 Å². The average molecular weight is 296 g/mol. The van der Waals surface area contributed by atoms with Crippen LogP contribution in [0.1, 0.15) is 78.1 Å². The highest BCUT2D eigenvalue weighted by atomic mass is 14.6. The molecule has 4 rings (SSSR count). The van der Waals surface area contributed by atoms with Crippen molar-refractivity contribution in [2.24, 2.45) is 34.5 Å². The highest BCUT2D eigenvalue weighted by Crippen LogP contribution is 2.66. The highest BCUT2D eigenvalue weighted by molar-refractivity contribution is 5.26. The molecule has 1 unspecified atom stereocenters. The molecule has 0 heteroatoms. The maximum absolute atomic E-state index is 5.89. The second kappa shape index (κ2) is 5.15. The first-order valence-electron chi connectivity index (χ1n) is 9.81. The molecule has 0 saturated heterocycles. The Morgan fingerprint density at radius 3 is 2.82 bits per heavy atom. The van der Waals surface area contributed by atoms with E-state index < -0.39 is 0 Å². The summed E-state index contributed by atoms with van der Waals surface area (Å²) in [6.07, 6.45) is 22.6. The summed E-state index contributed by atoms with van der Waals surface area (Å²) in [4.78, 5) is 0. The minimum atomic E-state index is 0.449. The molecule has 0 bridgehead atoms. The maximum Gasteiger partial charge on any atom is 0.0256 e. The van der Waals surface area contributed by atoms with E-state index >= 15 is 0 Å². The van der Waals surface area contributed by atoms with E-state index in [1.807, 2.05) is 5.57 Å². The van der Waals surface area contributed by atoms with Crippen molar-refractivity contribution in [3.63, 3.8) is 0 Å². The Labute approximate surface area is 137 Å². The molecule has 0 aliphatic heterocycles. The fraction of sp³-hybridized carbons (Fsp3) is 0.818. The summed E-state index contributed by atoms with van der Waals surface area (Å²) in [5, 5.41) is 0. The molecule has 0 nitrogen and oxygen atoms in total. The number of fused-ring (bicyclic) bond motifs is 5. The van der Waals surface area contributed by atoms with E-state index in [2.05, 4.69) is 25.8 Å². The van der Waals surface area contributed by atoms with Gasteiger partial charge in [-0.3, -0.25) is 0 Å². The van der Waals surface area contributed by atoms with Gasteiger partial charge in [-0.2, -0.15) is 0 Å². The molecule has 3 saturated carbocycles. The standard InChI is InChI=1S/C22H32/c1-4-16-10-12-19-18-11-9-17-8-6-7-14-22(17,5-2)20(18)13-15-21(16,19)3/h1,9,16,18-20H,5-8,10-15H2,2-3H3/t16?,18-,19-,20+,21+,22-/m0/s1. The number of hydrogen-bond acceptors (Lipinski definition) is 0. The lowest BCUT2D eigenvalue weighted by molar-refractivity contribution is -0.0418. The molecule has 0 spiro atoms. The molecule has 0 aromatic carbocycles. The zero-order chi connectivity index (χ0) is 15.4. The monoisotopic (exact) mass is 296 g/mol. The Kier molecular flexibility index (Phi) is 3.48. The molecule has 0 amide bonds. The third-order valence-electron chi connectivity index (χ3n) is 8.57. The van der Waals surface area contributed by atoms with Gasteiger partial charge in [-0.1, -0.05) is 31.9 Å². The molecule has 4 aliphatic rings. The van der Waals surface area contributed by atoms with Crippen LogP contribution in [0.5, 0.6) is 0 Å². The van der Waals surface area contributed by atoms with E-state index in [1.165, 1.54) is 64.2 Å². The first-order valence-corrected chi connectivity index (χ1v) is 9.81.